The van der Waals surface area contributed by atoms with Gasteiger partial charge in [-0.15, -0.1) is 10.2 Å². The molecule has 2 aliphatic rings. The van der Waals surface area contributed by atoms with E-state index in [0.717, 1.165) is 12.8 Å². The van der Waals surface area contributed by atoms with Crippen molar-refractivity contribution >= 4 is 23.5 Å². The monoisotopic (exact) mass is 312 g/mol. The van der Waals surface area contributed by atoms with Crippen molar-refractivity contribution in [1.29, 1.82) is 0 Å². The Kier molecular flexibility index (Phi) is 3.75. The molecule has 0 aromatic carbocycles. The van der Waals surface area contributed by atoms with Gasteiger partial charge in [-0.05, 0) is 24.7 Å². The van der Waals surface area contributed by atoms with Crippen LogP contribution in [-0.4, -0.2) is 52.5 Å². The summed E-state index contributed by atoms with van der Waals surface area (Å²) in [5, 5.41) is 20.5. The molecule has 3 atom stereocenters. The van der Waals surface area contributed by atoms with Crippen LogP contribution in [0.3, 0.4) is 0 Å². The minimum Gasteiger partial charge on any atom is -0.493 e. The topological polar surface area (TPSA) is 87.6 Å². The number of aromatic nitrogens is 2. The predicted octanol–water partition coefficient (Wildman–Crippen LogP) is 1.94. The van der Waals surface area contributed by atoms with E-state index in [4.69, 9.17) is 21.4 Å². The first-order valence-corrected chi connectivity index (χ1v) is 7.26. The highest BCUT2D eigenvalue weighted by molar-refractivity contribution is 6.29. The molecule has 8 heteroatoms. The van der Waals surface area contributed by atoms with Gasteiger partial charge in [0.25, 0.3) is 0 Å². The second-order valence-corrected chi connectivity index (χ2v) is 5.99. The van der Waals surface area contributed by atoms with Gasteiger partial charge in [0.15, 0.2) is 16.7 Å². The quantitative estimate of drug-likeness (QED) is 0.887. The molecule has 0 spiro atoms. The summed E-state index contributed by atoms with van der Waals surface area (Å²) in [5.41, 5.74) is 0. The van der Waals surface area contributed by atoms with E-state index >= 15 is 0 Å². The lowest BCUT2D eigenvalue weighted by atomic mass is 10.0. The van der Waals surface area contributed by atoms with Crippen LogP contribution in [0.4, 0.5) is 10.6 Å². The molecule has 1 saturated heterocycles. The summed E-state index contributed by atoms with van der Waals surface area (Å²) in [6, 6.07) is 1.89. The van der Waals surface area contributed by atoms with Gasteiger partial charge in [0.1, 0.15) is 0 Å². The molecule has 1 aromatic rings. The summed E-state index contributed by atoms with van der Waals surface area (Å²) in [7, 11) is 1.56. The highest BCUT2D eigenvalue weighted by Crippen LogP contribution is 2.39. The number of hydrogen-bond donors (Lipinski definition) is 2. The van der Waals surface area contributed by atoms with E-state index in [2.05, 4.69) is 15.5 Å². The summed E-state index contributed by atoms with van der Waals surface area (Å²) in [4.78, 5) is 12.5. The zero-order valence-corrected chi connectivity index (χ0v) is 12.4. The third-order valence-corrected chi connectivity index (χ3v) is 4.50. The molecule has 0 radical (unpaired) electrons. The number of nitrogens with one attached hydrogen (secondary N) is 1. The molecule has 2 N–H and O–H groups in total. The number of rotatable bonds is 3. The maximum Gasteiger partial charge on any atom is 0.407 e. The summed E-state index contributed by atoms with van der Waals surface area (Å²) in [6.07, 6.45) is 1.04. The smallest absolute Gasteiger partial charge is 0.407 e. The van der Waals surface area contributed by atoms with E-state index in [1.807, 2.05) is 0 Å². The van der Waals surface area contributed by atoms with E-state index in [0.29, 0.717) is 36.5 Å². The zero-order valence-electron chi connectivity index (χ0n) is 11.6. The molecule has 1 amide bonds. The molecule has 1 saturated carbocycles. The van der Waals surface area contributed by atoms with Crippen molar-refractivity contribution in [2.45, 2.75) is 18.9 Å². The molecule has 1 aliphatic carbocycles. The highest BCUT2D eigenvalue weighted by atomic mass is 35.5. The van der Waals surface area contributed by atoms with Gasteiger partial charge >= 0.3 is 6.09 Å². The molecule has 0 unspecified atom stereocenters. The maximum atomic E-state index is 11.0. The van der Waals surface area contributed by atoms with Crippen molar-refractivity contribution in [3.8, 4) is 5.75 Å². The van der Waals surface area contributed by atoms with Crippen LogP contribution in [0.1, 0.15) is 12.8 Å². The number of halogens is 1. The molecule has 1 aliphatic heterocycles. The van der Waals surface area contributed by atoms with Crippen molar-refractivity contribution < 1.29 is 14.6 Å². The number of methoxy groups -OCH3 is 1. The Morgan fingerprint density at radius 1 is 1.43 bits per heavy atom. The van der Waals surface area contributed by atoms with Crippen LogP contribution in [0.2, 0.25) is 5.15 Å². The van der Waals surface area contributed by atoms with Crippen LogP contribution in [0.15, 0.2) is 6.07 Å². The van der Waals surface area contributed by atoms with E-state index < -0.39 is 6.09 Å². The minimum absolute atomic E-state index is 0.264. The molecular weight excluding hydrogens is 296 g/mol. The van der Waals surface area contributed by atoms with Crippen LogP contribution in [-0.2, 0) is 0 Å². The van der Waals surface area contributed by atoms with Gasteiger partial charge in [-0.3, -0.25) is 0 Å². The van der Waals surface area contributed by atoms with Gasteiger partial charge in [0.05, 0.1) is 7.11 Å². The van der Waals surface area contributed by atoms with E-state index in [-0.39, 0.29) is 11.2 Å². The number of ether oxygens (including phenoxy) is 1. The fraction of sp³-hybridized carbons (Fsp3) is 0.615. The maximum absolute atomic E-state index is 11.0. The van der Waals surface area contributed by atoms with Crippen LogP contribution >= 0.6 is 11.6 Å². The lowest BCUT2D eigenvalue weighted by Crippen LogP contribution is -2.29. The normalized spacial score (nSPS) is 27.5. The van der Waals surface area contributed by atoms with Crippen molar-refractivity contribution in [2.24, 2.45) is 11.8 Å². The number of carbonyl (C=O) groups is 1. The molecule has 0 bridgehead atoms. The second-order valence-electron chi connectivity index (χ2n) is 5.60. The molecule has 7 nitrogen and oxygen atoms in total. The van der Waals surface area contributed by atoms with Crippen LogP contribution in [0, 0.1) is 11.8 Å². The Labute approximate surface area is 127 Å². The first-order valence-electron chi connectivity index (χ1n) is 6.88. The Morgan fingerprint density at radius 2 is 2.10 bits per heavy atom. The second kappa shape index (κ2) is 5.55. The van der Waals surface area contributed by atoms with Crippen molar-refractivity contribution in [2.75, 3.05) is 25.5 Å². The first-order chi connectivity index (χ1) is 10.1. The van der Waals surface area contributed by atoms with E-state index in [1.54, 1.807) is 13.2 Å². The van der Waals surface area contributed by atoms with Crippen molar-refractivity contribution in [3.05, 3.63) is 11.2 Å². The Morgan fingerprint density at radius 3 is 2.67 bits per heavy atom. The van der Waals surface area contributed by atoms with E-state index in [1.165, 1.54) is 4.90 Å². The molecule has 3 rings (SSSR count). The van der Waals surface area contributed by atoms with Gasteiger partial charge < -0.3 is 20.1 Å². The Balaban J connectivity index is 1.63. The minimum atomic E-state index is -0.820. The standard InChI is InChI=1S/C13H17ClN4O3/c1-21-10-4-11(14)16-17-12(10)15-9-2-7-5-18(13(19)20)6-8(7)3-9/h4,7-9H,2-3,5-6H2,1H3,(H,15,17)(H,19,20)/t7-,8+,9+. The van der Waals surface area contributed by atoms with Crippen molar-refractivity contribution in [3.63, 3.8) is 0 Å². The SMILES string of the molecule is COc1cc(Cl)nnc1N[C@H]1C[C@@H]2CN(C(=O)O)C[C@@H]2C1. The van der Waals surface area contributed by atoms with Gasteiger partial charge in [-0.1, -0.05) is 11.6 Å². The van der Waals surface area contributed by atoms with Crippen LogP contribution in [0.5, 0.6) is 5.75 Å². The fourth-order valence-electron chi connectivity index (χ4n) is 3.38. The van der Waals surface area contributed by atoms with Crippen LogP contribution < -0.4 is 10.1 Å². The molecule has 2 heterocycles. The average Bonchev–Trinajstić information content (AvgIpc) is 2.98. The Bertz CT molecular complexity index is 542. The number of amides is 1. The third-order valence-electron chi connectivity index (χ3n) is 4.31. The highest BCUT2D eigenvalue weighted by Gasteiger charge is 2.42. The number of nitrogens with zero attached hydrogens (tertiary/aromatic N) is 3. The predicted molar refractivity (Wildman–Crippen MR) is 76.8 cm³/mol. The molecule has 21 heavy (non-hydrogen) atoms. The van der Waals surface area contributed by atoms with Gasteiger partial charge in [0, 0.05) is 25.2 Å². The van der Waals surface area contributed by atoms with Crippen LogP contribution in [0.25, 0.3) is 0 Å². The number of likely N-dealkylation sites (tertiary alicyclic amines) is 1. The molecule has 114 valence electrons. The fourth-order valence-corrected chi connectivity index (χ4v) is 3.51. The van der Waals surface area contributed by atoms with Gasteiger partial charge in [-0.25, -0.2) is 4.79 Å². The summed E-state index contributed by atoms with van der Waals surface area (Å²) in [5.74, 6) is 2.00. The summed E-state index contributed by atoms with van der Waals surface area (Å²) < 4.78 is 5.24. The lowest BCUT2D eigenvalue weighted by molar-refractivity contribution is 0.152. The Hall–Kier alpha value is -1.76. The summed E-state index contributed by atoms with van der Waals surface area (Å²) in [6.45, 7) is 1.25. The molecule has 1 aromatic heterocycles. The molecule has 2 fully saturated rings. The number of anilines is 1. The molecular formula is C13H17ClN4O3. The first kappa shape index (κ1) is 14.2. The van der Waals surface area contributed by atoms with E-state index in [9.17, 15) is 4.79 Å². The number of carboxylic acid groups (broad SMARTS) is 1. The zero-order chi connectivity index (χ0) is 15.0. The van der Waals surface area contributed by atoms with Gasteiger partial charge in [0.2, 0.25) is 0 Å². The van der Waals surface area contributed by atoms with Gasteiger partial charge in [-0.2, -0.15) is 0 Å². The average molecular weight is 313 g/mol. The summed E-state index contributed by atoms with van der Waals surface area (Å²) >= 11 is 5.79. The third kappa shape index (κ3) is 2.83. The lowest BCUT2D eigenvalue weighted by Gasteiger charge is -2.18. The number of fused-ring (bicyclic) bond motifs is 1. The number of hydrogen-bond acceptors (Lipinski definition) is 5. The van der Waals surface area contributed by atoms with Crippen molar-refractivity contribution in [1.82, 2.24) is 15.1 Å². The largest absolute Gasteiger partial charge is 0.493 e.